The largest absolute Gasteiger partial charge is 0.330 e. The Morgan fingerprint density at radius 3 is 3.00 bits per heavy atom. The zero-order chi connectivity index (χ0) is 9.97. The third kappa shape index (κ3) is 1.64. The van der Waals surface area contributed by atoms with E-state index in [1.807, 2.05) is 25.5 Å². The van der Waals surface area contributed by atoms with Gasteiger partial charge in [-0.25, -0.2) is 4.68 Å². The highest BCUT2D eigenvalue weighted by Gasteiger charge is 2.03. The summed E-state index contributed by atoms with van der Waals surface area (Å²) in [5, 5.41) is 12.1. The smallest absolute Gasteiger partial charge is 0.176 e. The van der Waals surface area contributed by atoms with Gasteiger partial charge in [0.2, 0.25) is 0 Å². The molecule has 6 nitrogen and oxygen atoms in total. The Labute approximate surface area is 81.3 Å². The maximum Gasteiger partial charge on any atom is 0.176 e. The lowest BCUT2D eigenvalue weighted by molar-refractivity contribution is 0.714. The molecular formula is C8H12N6. The van der Waals surface area contributed by atoms with Crippen LogP contribution < -0.4 is 5.73 Å². The summed E-state index contributed by atoms with van der Waals surface area (Å²) in [5.74, 6) is 0.767. The quantitative estimate of drug-likeness (QED) is 0.711. The minimum atomic E-state index is 0.584. The molecule has 2 rings (SSSR count). The maximum absolute atomic E-state index is 5.42. The minimum Gasteiger partial charge on any atom is -0.330 e. The number of hydrogen-bond acceptors (Lipinski definition) is 4. The van der Waals surface area contributed by atoms with Crippen molar-refractivity contribution in [3.8, 4) is 5.82 Å². The summed E-state index contributed by atoms with van der Waals surface area (Å²) in [6, 6.07) is 1.88. The van der Waals surface area contributed by atoms with Gasteiger partial charge in [-0.3, -0.25) is 4.68 Å². The van der Waals surface area contributed by atoms with E-state index in [2.05, 4.69) is 15.4 Å². The summed E-state index contributed by atoms with van der Waals surface area (Å²) in [4.78, 5) is 0. The topological polar surface area (TPSA) is 74.5 Å². The second kappa shape index (κ2) is 3.59. The highest BCUT2D eigenvalue weighted by molar-refractivity contribution is 5.18. The van der Waals surface area contributed by atoms with Gasteiger partial charge in [-0.15, -0.1) is 5.10 Å². The average Bonchev–Trinajstić information content (AvgIpc) is 2.74. The lowest BCUT2D eigenvalue weighted by Crippen LogP contribution is -2.02. The van der Waals surface area contributed by atoms with E-state index in [0.29, 0.717) is 6.54 Å². The van der Waals surface area contributed by atoms with E-state index in [1.54, 1.807) is 9.36 Å². The Balaban J connectivity index is 2.24. The normalized spacial score (nSPS) is 10.7. The first-order valence-electron chi connectivity index (χ1n) is 4.41. The Bertz CT molecular complexity index is 415. The first-order chi connectivity index (χ1) is 6.79. The van der Waals surface area contributed by atoms with Crippen LogP contribution in [0.1, 0.15) is 5.69 Å². The molecule has 0 atom stereocenters. The molecule has 0 radical (unpaired) electrons. The van der Waals surface area contributed by atoms with Crippen molar-refractivity contribution in [3.05, 3.63) is 24.2 Å². The molecule has 74 valence electrons. The van der Waals surface area contributed by atoms with Crippen molar-refractivity contribution in [1.29, 1.82) is 0 Å². The maximum atomic E-state index is 5.42. The lowest BCUT2D eigenvalue weighted by atomic mass is 10.3. The van der Waals surface area contributed by atoms with Crippen molar-refractivity contribution in [2.75, 3.05) is 6.54 Å². The van der Waals surface area contributed by atoms with Gasteiger partial charge >= 0.3 is 0 Å². The van der Waals surface area contributed by atoms with Crippen LogP contribution in [-0.2, 0) is 13.5 Å². The van der Waals surface area contributed by atoms with E-state index in [0.717, 1.165) is 17.9 Å². The molecule has 0 aliphatic rings. The van der Waals surface area contributed by atoms with Crippen molar-refractivity contribution in [1.82, 2.24) is 24.8 Å². The minimum absolute atomic E-state index is 0.584. The van der Waals surface area contributed by atoms with Gasteiger partial charge in [-0.1, -0.05) is 5.21 Å². The molecule has 2 heterocycles. The number of rotatable bonds is 3. The number of nitrogens with two attached hydrogens (primary N) is 1. The Morgan fingerprint density at radius 1 is 1.50 bits per heavy atom. The van der Waals surface area contributed by atoms with Crippen LogP contribution in [0.3, 0.4) is 0 Å². The molecule has 6 heteroatoms. The van der Waals surface area contributed by atoms with Crippen molar-refractivity contribution < 1.29 is 0 Å². The third-order valence-electron chi connectivity index (χ3n) is 1.88. The van der Waals surface area contributed by atoms with Gasteiger partial charge in [0.25, 0.3) is 0 Å². The van der Waals surface area contributed by atoms with Gasteiger partial charge in [-0.05, 0) is 6.54 Å². The van der Waals surface area contributed by atoms with Crippen molar-refractivity contribution in [2.24, 2.45) is 12.8 Å². The molecular weight excluding hydrogens is 180 g/mol. The molecule has 0 aromatic carbocycles. The highest BCUT2D eigenvalue weighted by atomic mass is 15.5. The van der Waals surface area contributed by atoms with E-state index in [1.165, 1.54) is 0 Å². The fourth-order valence-corrected chi connectivity index (χ4v) is 1.20. The van der Waals surface area contributed by atoms with Crippen LogP contribution >= 0.6 is 0 Å². The summed E-state index contributed by atoms with van der Waals surface area (Å²) in [5.41, 5.74) is 6.30. The van der Waals surface area contributed by atoms with Crippen molar-refractivity contribution in [2.45, 2.75) is 6.42 Å². The van der Waals surface area contributed by atoms with Gasteiger partial charge in [0.1, 0.15) is 0 Å². The zero-order valence-corrected chi connectivity index (χ0v) is 7.96. The molecule has 0 fully saturated rings. The molecule has 2 aromatic heterocycles. The molecule has 2 aromatic rings. The number of nitrogens with zero attached hydrogens (tertiary/aromatic N) is 5. The van der Waals surface area contributed by atoms with Crippen LogP contribution in [0.4, 0.5) is 0 Å². The number of aryl methyl sites for hydroxylation is 1. The molecule has 0 amide bonds. The molecule has 2 N–H and O–H groups in total. The van der Waals surface area contributed by atoms with Crippen LogP contribution in [0.25, 0.3) is 5.82 Å². The summed E-state index contributed by atoms with van der Waals surface area (Å²) < 4.78 is 3.37. The van der Waals surface area contributed by atoms with Gasteiger partial charge < -0.3 is 5.73 Å². The zero-order valence-electron chi connectivity index (χ0n) is 7.96. The van der Waals surface area contributed by atoms with E-state index in [9.17, 15) is 0 Å². The van der Waals surface area contributed by atoms with Crippen LogP contribution in [0.2, 0.25) is 0 Å². The van der Waals surface area contributed by atoms with Gasteiger partial charge in [0.15, 0.2) is 5.82 Å². The molecule has 0 aliphatic carbocycles. The standard InChI is InChI=1S/C8H12N6/c1-13-5-3-8(11-13)14-6-7(2-4-9)10-12-14/h3,5-6H,2,4,9H2,1H3. The molecule has 14 heavy (non-hydrogen) atoms. The Hall–Kier alpha value is -1.69. The number of aromatic nitrogens is 5. The van der Waals surface area contributed by atoms with E-state index in [-0.39, 0.29) is 0 Å². The molecule has 0 bridgehead atoms. The van der Waals surface area contributed by atoms with Gasteiger partial charge in [0, 0.05) is 25.7 Å². The average molecular weight is 192 g/mol. The summed E-state index contributed by atoms with van der Waals surface area (Å²) in [7, 11) is 1.86. The Morgan fingerprint density at radius 2 is 2.36 bits per heavy atom. The highest BCUT2D eigenvalue weighted by Crippen LogP contribution is 2.02. The molecule has 0 saturated heterocycles. The van der Waals surface area contributed by atoms with Crippen molar-refractivity contribution in [3.63, 3.8) is 0 Å². The monoisotopic (exact) mass is 192 g/mol. The molecule has 0 saturated carbocycles. The Kier molecular flexibility index (Phi) is 2.28. The summed E-state index contributed by atoms with van der Waals surface area (Å²) >= 11 is 0. The molecule has 0 spiro atoms. The fraction of sp³-hybridized carbons (Fsp3) is 0.375. The van der Waals surface area contributed by atoms with Crippen LogP contribution in [0.5, 0.6) is 0 Å². The SMILES string of the molecule is Cn1ccc(-n2cc(CCN)nn2)n1. The van der Waals surface area contributed by atoms with Gasteiger partial charge in [0.05, 0.1) is 11.9 Å². The molecule has 0 aliphatic heterocycles. The number of hydrogen-bond donors (Lipinski definition) is 1. The van der Waals surface area contributed by atoms with Crippen molar-refractivity contribution >= 4 is 0 Å². The second-order valence-corrected chi connectivity index (χ2v) is 3.04. The van der Waals surface area contributed by atoms with E-state index >= 15 is 0 Å². The van der Waals surface area contributed by atoms with E-state index in [4.69, 9.17) is 5.73 Å². The van der Waals surface area contributed by atoms with Gasteiger partial charge in [-0.2, -0.15) is 5.10 Å². The summed E-state index contributed by atoms with van der Waals surface area (Å²) in [6.45, 7) is 0.584. The predicted octanol–water partition coefficient (Wildman–Crippen LogP) is -0.498. The van der Waals surface area contributed by atoms with Crippen LogP contribution in [-0.4, -0.2) is 31.3 Å². The second-order valence-electron chi connectivity index (χ2n) is 3.04. The predicted molar refractivity (Wildman–Crippen MR) is 50.9 cm³/mol. The lowest BCUT2D eigenvalue weighted by Gasteiger charge is -1.91. The first-order valence-corrected chi connectivity index (χ1v) is 4.41. The summed E-state index contributed by atoms with van der Waals surface area (Å²) in [6.07, 6.45) is 4.45. The van der Waals surface area contributed by atoms with Crippen LogP contribution in [0, 0.1) is 0 Å². The fourth-order valence-electron chi connectivity index (χ4n) is 1.20. The van der Waals surface area contributed by atoms with Crippen LogP contribution in [0.15, 0.2) is 18.5 Å². The molecule has 0 unspecified atom stereocenters. The third-order valence-corrected chi connectivity index (χ3v) is 1.88. The van der Waals surface area contributed by atoms with E-state index < -0.39 is 0 Å². The first kappa shape index (κ1) is 8.89.